The minimum Gasteiger partial charge on any atom is -0.337 e. The number of imidazole rings is 1. The molecule has 0 amide bonds. The Kier molecular flexibility index (Phi) is 4.58. The second-order valence-electron chi connectivity index (χ2n) is 5.57. The highest BCUT2D eigenvalue weighted by molar-refractivity contribution is 6.30. The van der Waals surface area contributed by atoms with E-state index in [1.165, 1.54) is 11.1 Å². The molecule has 0 radical (unpaired) electrons. The standard InChI is InChI=1S/C16H21ClN4/c17-14-4-3-13-11-21(16(10-18)15(13)9-14)7-2-1-6-20-8-5-19-12-20/h3-5,8-9,12,16H,1-2,6-7,10-11,18H2. The van der Waals surface area contributed by atoms with E-state index in [2.05, 4.69) is 26.6 Å². The Morgan fingerprint density at radius 2 is 2.14 bits per heavy atom. The van der Waals surface area contributed by atoms with Crippen LogP contribution in [0.25, 0.3) is 0 Å². The highest BCUT2D eigenvalue weighted by Crippen LogP contribution is 2.34. The Morgan fingerprint density at radius 1 is 1.29 bits per heavy atom. The summed E-state index contributed by atoms with van der Waals surface area (Å²) in [5.74, 6) is 0. The van der Waals surface area contributed by atoms with Gasteiger partial charge in [0.1, 0.15) is 0 Å². The molecule has 2 N–H and O–H groups in total. The van der Waals surface area contributed by atoms with Crippen LogP contribution in [0.15, 0.2) is 36.9 Å². The van der Waals surface area contributed by atoms with Crippen molar-refractivity contribution < 1.29 is 0 Å². The number of hydrogen-bond donors (Lipinski definition) is 1. The fourth-order valence-corrected chi connectivity index (χ4v) is 3.27. The fraction of sp³-hybridized carbons (Fsp3) is 0.438. The van der Waals surface area contributed by atoms with Crippen molar-refractivity contribution in [3.05, 3.63) is 53.1 Å². The number of benzene rings is 1. The maximum Gasteiger partial charge on any atom is 0.0945 e. The Balaban J connectivity index is 1.54. The van der Waals surface area contributed by atoms with Crippen molar-refractivity contribution in [1.29, 1.82) is 0 Å². The van der Waals surface area contributed by atoms with Crippen LogP contribution in [0.2, 0.25) is 5.02 Å². The van der Waals surface area contributed by atoms with Gasteiger partial charge < -0.3 is 10.3 Å². The fourth-order valence-electron chi connectivity index (χ4n) is 3.08. The SMILES string of the molecule is NCC1c2cc(Cl)ccc2CN1CCCCn1ccnc1. The molecule has 0 spiro atoms. The smallest absolute Gasteiger partial charge is 0.0945 e. The summed E-state index contributed by atoms with van der Waals surface area (Å²) in [6, 6.07) is 6.48. The number of unbranched alkanes of at least 4 members (excludes halogenated alkanes) is 1. The number of aromatic nitrogens is 2. The average Bonchev–Trinajstić information content (AvgIpc) is 3.10. The molecule has 1 aromatic heterocycles. The summed E-state index contributed by atoms with van der Waals surface area (Å²) in [6.45, 7) is 3.73. The van der Waals surface area contributed by atoms with E-state index in [4.69, 9.17) is 17.3 Å². The third-order valence-electron chi connectivity index (χ3n) is 4.18. The first kappa shape index (κ1) is 14.6. The van der Waals surface area contributed by atoms with Crippen LogP contribution >= 0.6 is 11.6 Å². The molecule has 1 aromatic carbocycles. The zero-order valence-electron chi connectivity index (χ0n) is 12.1. The van der Waals surface area contributed by atoms with Crippen molar-refractivity contribution in [2.75, 3.05) is 13.1 Å². The molecule has 5 heteroatoms. The van der Waals surface area contributed by atoms with Crippen molar-refractivity contribution in [2.45, 2.75) is 32.0 Å². The predicted molar refractivity (Wildman–Crippen MR) is 85.1 cm³/mol. The second-order valence-corrected chi connectivity index (χ2v) is 6.01. The number of fused-ring (bicyclic) bond motifs is 1. The molecule has 3 rings (SSSR count). The summed E-state index contributed by atoms with van der Waals surface area (Å²) in [4.78, 5) is 6.53. The van der Waals surface area contributed by atoms with Gasteiger partial charge in [-0.15, -0.1) is 0 Å². The molecule has 1 unspecified atom stereocenters. The largest absolute Gasteiger partial charge is 0.337 e. The molecule has 0 saturated carbocycles. The molecule has 1 aliphatic heterocycles. The topological polar surface area (TPSA) is 47.1 Å². The van der Waals surface area contributed by atoms with Crippen LogP contribution in [0.4, 0.5) is 0 Å². The summed E-state index contributed by atoms with van der Waals surface area (Å²) >= 11 is 6.11. The third kappa shape index (κ3) is 3.28. The van der Waals surface area contributed by atoms with E-state index in [0.717, 1.165) is 37.5 Å². The molecule has 21 heavy (non-hydrogen) atoms. The first-order valence-corrected chi connectivity index (χ1v) is 7.84. The van der Waals surface area contributed by atoms with E-state index in [-0.39, 0.29) is 0 Å². The van der Waals surface area contributed by atoms with E-state index >= 15 is 0 Å². The number of rotatable bonds is 6. The molecule has 0 aliphatic carbocycles. The van der Waals surface area contributed by atoms with Crippen LogP contribution in [-0.4, -0.2) is 27.5 Å². The summed E-state index contributed by atoms with van der Waals surface area (Å²) in [5.41, 5.74) is 8.64. The summed E-state index contributed by atoms with van der Waals surface area (Å²) in [7, 11) is 0. The van der Waals surface area contributed by atoms with Gasteiger partial charge in [0.15, 0.2) is 0 Å². The number of aryl methyl sites for hydroxylation is 1. The molecular weight excluding hydrogens is 284 g/mol. The van der Waals surface area contributed by atoms with Gasteiger partial charge in [-0.05, 0) is 42.6 Å². The summed E-state index contributed by atoms with van der Waals surface area (Å²) < 4.78 is 2.12. The summed E-state index contributed by atoms with van der Waals surface area (Å²) in [5, 5.41) is 0.800. The molecule has 0 saturated heterocycles. The zero-order chi connectivity index (χ0) is 14.7. The van der Waals surface area contributed by atoms with Crippen LogP contribution in [0.3, 0.4) is 0 Å². The van der Waals surface area contributed by atoms with Gasteiger partial charge in [0, 0.05) is 43.1 Å². The van der Waals surface area contributed by atoms with Crippen LogP contribution < -0.4 is 5.73 Å². The van der Waals surface area contributed by atoms with Crippen LogP contribution in [0.1, 0.15) is 30.0 Å². The monoisotopic (exact) mass is 304 g/mol. The van der Waals surface area contributed by atoms with Gasteiger partial charge in [-0.25, -0.2) is 4.98 Å². The number of hydrogen-bond acceptors (Lipinski definition) is 3. The van der Waals surface area contributed by atoms with Gasteiger partial charge >= 0.3 is 0 Å². The van der Waals surface area contributed by atoms with Gasteiger partial charge in [0.05, 0.1) is 6.33 Å². The second kappa shape index (κ2) is 6.60. The quantitative estimate of drug-likeness (QED) is 0.835. The zero-order valence-corrected chi connectivity index (χ0v) is 12.8. The normalized spacial score (nSPS) is 18.1. The predicted octanol–water partition coefficient (Wildman–Crippen LogP) is 2.83. The maximum absolute atomic E-state index is 6.11. The molecule has 2 aromatic rings. The summed E-state index contributed by atoms with van der Waals surface area (Å²) in [6.07, 6.45) is 8.02. The lowest BCUT2D eigenvalue weighted by Gasteiger charge is -2.23. The number of nitrogens with zero attached hydrogens (tertiary/aromatic N) is 3. The minimum atomic E-state index is 0.312. The van der Waals surface area contributed by atoms with E-state index in [9.17, 15) is 0 Å². The van der Waals surface area contributed by atoms with Crippen molar-refractivity contribution in [3.63, 3.8) is 0 Å². The molecule has 0 bridgehead atoms. The maximum atomic E-state index is 6.11. The molecule has 1 aliphatic rings. The van der Waals surface area contributed by atoms with E-state index in [1.807, 2.05) is 24.8 Å². The van der Waals surface area contributed by atoms with Gasteiger partial charge in [0.25, 0.3) is 0 Å². The Labute approximate surface area is 130 Å². The lowest BCUT2D eigenvalue weighted by molar-refractivity contribution is 0.214. The lowest BCUT2D eigenvalue weighted by Crippen LogP contribution is -2.29. The van der Waals surface area contributed by atoms with Crippen molar-refractivity contribution in [1.82, 2.24) is 14.5 Å². The Bertz CT molecular complexity index is 582. The minimum absolute atomic E-state index is 0.312. The van der Waals surface area contributed by atoms with Gasteiger partial charge in [-0.2, -0.15) is 0 Å². The van der Waals surface area contributed by atoms with Crippen LogP contribution in [0, 0.1) is 0 Å². The number of nitrogens with two attached hydrogens (primary N) is 1. The highest BCUT2D eigenvalue weighted by atomic mass is 35.5. The van der Waals surface area contributed by atoms with Gasteiger partial charge in [0.2, 0.25) is 0 Å². The number of halogens is 1. The first-order valence-electron chi connectivity index (χ1n) is 7.46. The van der Waals surface area contributed by atoms with Crippen molar-refractivity contribution >= 4 is 11.6 Å². The molecular formula is C16H21ClN4. The van der Waals surface area contributed by atoms with E-state index in [1.54, 1.807) is 0 Å². The Hall–Kier alpha value is -1.36. The molecule has 2 heterocycles. The Morgan fingerprint density at radius 3 is 2.90 bits per heavy atom. The van der Waals surface area contributed by atoms with Crippen LogP contribution in [-0.2, 0) is 13.1 Å². The molecule has 4 nitrogen and oxygen atoms in total. The van der Waals surface area contributed by atoms with Crippen molar-refractivity contribution in [2.24, 2.45) is 5.73 Å². The van der Waals surface area contributed by atoms with E-state index in [0.29, 0.717) is 12.6 Å². The molecule has 0 fully saturated rings. The van der Waals surface area contributed by atoms with Gasteiger partial charge in [-0.1, -0.05) is 17.7 Å². The third-order valence-corrected chi connectivity index (χ3v) is 4.41. The first-order chi connectivity index (χ1) is 10.3. The van der Waals surface area contributed by atoms with Crippen molar-refractivity contribution in [3.8, 4) is 0 Å². The highest BCUT2D eigenvalue weighted by Gasteiger charge is 2.28. The lowest BCUT2D eigenvalue weighted by atomic mass is 10.1. The van der Waals surface area contributed by atoms with E-state index < -0.39 is 0 Å². The molecule has 112 valence electrons. The average molecular weight is 305 g/mol. The van der Waals surface area contributed by atoms with Crippen LogP contribution in [0.5, 0.6) is 0 Å². The van der Waals surface area contributed by atoms with Gasteiger partial charge in [-0.3, -0.25) is 4.90 Å². The molecule has 1 atom stereocenters.